The highest BCUT2D eigenvalue weighted by Gasteiger charge is 2.06. The van der Waals surface area contributed by atoms with Crippen molar-refractivity contribution in [3.05, 3.63) is 24.0 Å². The first-order chi connectivity index (χ1) is 8.13. The number of carbonyl (C=O) groups excluding carboxylic acids is 1. The number of carbonyl (C=O) groups is 1. The zero-order valence-electron chi connectivity index (χ0n) is 10.5. The predicted molar refractivity (Wildman–Crippen MR) is 64.2 cm³/mol. The van der Waals surface area contributed by atoms with Crippen LogP contribution in [0.15, 0.2) is 18.3 Å². The number of pyridine rings is 1. The molecule has 0 saturated heterocycles. The molecule has 0 saturated carbocycles. The van der Waals surface area contributed by atoms with Gasteiger partial charge in [-0.2, -0.15) is 0 Å². The summed E-state index contributed by atoms with van der Waals surface area (Å²) in [4.78, 5) is 17.2. The Morgan fingerprint density at radius 2 is 2.18 bits per heavy atom. The van der Waals surface area contributed by atoms with Crippen LogP contribution < -0.4 is 4.74 Å². The van der Waals surface area contributed by atoms with Crippen molar-refractivity contribution >= 4 is 5.97 Å². The van der Waals surface area contributed by atoms with Gasteiger partial charge < -0.3 is 14.4 Å². The maximum atomic E-state index is 11.1. The Hall–Kier alpha value is -1.62. The summed E-state index contributed by atoms with van der Waals surface area (Å²) in [6.45, 7) is 1.62. The number of hydrogen-bond acceptors (Lipinski definition) is 5. The minimum absolute atomic E-state index is 0.285. The quantitative estimate of drug-likeness (QED) is 0.550. The van der Waals surface area contributed by atoms with Crippen LogP contribution >= 0.6 is 0 Å². The number of hydrogen-bond donors (Lipinski definition) is 0. The van der Waals surface area contributed by atoms with Gasteiger partial charge >= 0.3 is 5.97 Å². The molecule has 0 aliphatic carbocycles. The molecular formula is C12H18N2O3. The lowest BCUT2D eigenvalue weighted by atomic mass is 10.3. The van der Waals surface area contributed by atoms with Crippen LogP contribution in [0.25, 0.3) is 0 Å². The number of methoxy groups -OCH3 is 1. The van der Waals surface area contributed by atoms with E-state index in [2.05, 4.69) is 14.6 Å². The molecule has 0 atom stereocenters. The Morgan fingerprint density at radius 1 is 1.41 bits per heavy atom. The van der Waals surface area contributed by atoms with Crippen LogP contribution in [0.3, 0.4) is 0 Å². The van der Waals surface area contributed by atoms with Crippen LogP contribution in [-0.2, 0) is 4.74 Å². The molecule has 5 nitrogen and oxygen atoms in total. The molecule has 0 aliphatic heterocycles. The van der Waals surface area contributed by atoms with E-state index in [0.717, 1.165) is 13.0 Å². The molecule has 0 aromatic carbocycles. The van der Waals surface area contributed by atoms with E-state index in [9.17, 15) is 4.79 Å². The molecule has 0 unspecified atom stereocenters. The van der Waals surface area contributed by atoms with Gasteiger partial charge in [0.05, 0.1) is 19.9 Å². The zero-order valence-corrected chi connectivity index (χ0v) is 10.5. The normalized spacial score (nSPS) is 10.4. The zero-order chi connectivity index (χ0) is 12.7. The van der Waals surface area contributed by atoms with E-state index < -0.39 is 5.97 Å². The number of ether oxygens (including phenoxy) is 2. The summed E-state index contributed by atoms with van der Waals surface area (Å²) in [5, 5.41) is 0. The fourth-order valence-corrected chi connectivity index (χ4v) is 1.26. The van der Waals surface area contributed by atoms with Gasteiger partial charge in [0.2, 0.25) is 0 Å². The maximum absolute atomic E-state index is 11.1. The van der Waals surface area contributed by atoms with Gasteiger partial charge in [-0.15, -0.1) is 0 Å². The number of esters is 1. The first-order valence-corrected chi connectivity index (χ1v) is 5.45. The molecule has 17 heavy (non-hydrogen) atoms. The van der Waals surface area contributed by atoms with Crippen molar-refractivity contribution < 1.29 is 14.3 Å². The van der Waals surface area contributed by atoms with Gasteiger partial charge in [-0.3, -0.25) is 0 Å². The van der Waals surface area contributed by atoms with Crippen LogP contribution in [-0.4, -0.2) is 50.2 Å². The SMILES string of the molecule is COC(=O)c1ccc(OCCCN(C)C)cn1. The van der Waals surface area contributed by atoms with Crippen LogP contribution in [0.4, 0.5) is 0 Å². The van der Waals surface area contributed by atoms with Crippen molar-refractivity contribution in [2.45, 2.75) is 6.42 Å². The molecule has 0 radical (unpaired) electrons. The summed E-state index contributed by atoms with van der Waals surface area (Å²) in [6, 6.07) is 3.31. The molecule has 1 rings (SSSR count). The van der Waals surface area contributed by atoms with Crippen LogP contribution in [0, 0.1) is 0 Å². The second-order valence-corrected chi connectivity index (χ2v) is 3.88. The molecule has 0 aliphatic rings. The third kappa shape index (κ3) is 4.82. The molecule has 0 bridgehead atoms. The minimum atomic E-state index is -0.441. The smallest absolute Gasteiger partial charge is 0.356 e. The highest BCUT2D eigenvalue weighted by molar-refractivity contribution is 5.87. The van der Waals surface area contributed by atoms with Gasteiger partial charge in [0.25, 0.3) is 0 Å². The third-order valence-corrected chi connectivity index (χ3v) is 2.15. The van der Waals surface area contributed by atoms with Crippen molar-refractivity contribution in [1.82, 2.24) is 9.88 Å². The monoisotopic (exact) mass is 238 g/mol. The Balaban J connectivity index is 2.38. The molecule has 0 spiro atoms. The second kappa shape index (κ2) is 6.85. The van der Waals surface area contributed by atoms with Gasteiger partial charge in [0, 0.05) is 6.54 Å². The summed E-state index contributed by atoms with van der Waals surface area (Å²) < 4.78 is 10.0. The summed E-state index contributed by atoms with van der Waals surface area (Å²) in [7, 11) is 5.37. The largest absolute Gasteiger partial charge is 0.492 e. The lowest BCUT2D eigenvalue weighted by Crippen LogP contribution is -2.15. The minimum Gasteiger partial charge on any atom is -0.492 e. The molecule has 0 fully saturated rings. The average Bonchev–Trinajstić information content (AvgIpc) is 2.34. The van der Waals surface area contributed by atoms with Gasteiger partial charge in [0.15, 0.2) is 0 Å². The van der Waals surface area contributed by atoms with Gasteiger partial charge in [-0.05, 0) is 32.6 Å². The van der Waals surface area contributed by atoms with Gasteiger partial charge in [-0.25, -0.2) is 9.78 Å². The van der Waals surface area contributed by atoms with E-state index in [-0.39, 0.29) is 5.69 Å². The molecule has 94 valence electrons. The molecule has 0 amide bonds. The highest BCUT2D eigenvalue weighted by atomic mass is 16.5. The van der Waals surface area contributed by atoms with Crippen molar-refractivity contribution in [3.8, 4) is 5.75 Å². The Labute approximate surface area is 101 Å². The average molecular weight is 238 g/mol. The van der Waals surface area contributed by atoms with E-state index in [1.165, 1.54) is 13.3 Å². The van der Waals surface area contributed by atoms with Gasteiger partial charge in [0.1, 0.15) is 11.4 Å². The van der Waals surface area contributed by atoms with Crippen molar-refractivity contribution in [2.24, 2.45) is 0 Å². The number of aromatic nitrogens is 1. The molecule has 1 aromatic heterocycles. The molecule has 0 N–H and O–H groups in total. The molecule has 1 aromatic rings. The van der Waals surface area contributed by atoms with Crippen LogP contribution in [0.5, 0.6) is 5.75 Å². The second-order valence-electron chi connectivity index (χ2n) is 3.88. The third-order valence-electron chi connectivity index (χ3n) is 2.15. The maximum Gasteiger partial charge on any atom is 0.356 e. The summed E-state index contributed by atoms with van der Waals surface area (Å²) in [6.07, 6.45) is 2.48. The summed E-state index contributed by atoms with van der Waals surface area (Å²) >= 11 is 0. The standard InChI is InChI=1S/C12H18N2O3/c1-14(2)7-4-8-17-10-5-6-11(13-9-10)12(15)16-3/h5-6,9H,4,7-8H2,1-3H3. The fourth-order valence-electron chi connectivity index (χ4n) is 1.26. The summed E-state index contributed by atoms with van der Waals surface area (Å²) in [5.41, 5.74) is 0.285. The van der Waals surface area contributed by atoms with E-state index in [1.54, 1.807) is 12.1 Å². The lowest BCUT2D eigenvalue weighted by molar-refractivity contribution is 0.0594. The van der Waals surface area contributed by atoms with Crippen LogP contribution in [0.1, 0.15) is 16.9 Å². The molecule has 5 heteroatoms. The van der Waals surface area contributed by atoms with Gasteiger partial charge in [-0.1, -0.05) is 0 Å². The predicted octanol–water partition coefficient (Wildman–Crippen LogP) is 1.20. The fraction of sp³-hybridized carbons (Fsp3) is 0.500. The van der Waals surface area contributed by atoms with Crippen molar-refractivity contribution in [2.75, 3.05) is 34.4 Å². The van der Waals surface area contributed by atoms with Crippen molar-refractivity contribution in [1.29, 1.82) is 0 Å². The first kappa shape index (κ1) is 13.4. The van der Waals surface area contributed by atoms with E-state index >= 15 is 0 Å². The summed E-state index contributed by atoms with van der Waals surface area (Å²) in [5.74, 6) is 0.223. The van der Waals surface area contributed by atoms with Crippen molar-refractivity contribution in [3.63, 3.8) is 0 Å². The Bertz CT molecular complexity index is 349. The Morgan fingerprint density at radius 3 is 2.71 bits per heavy atom. The molecular weight excluding hydrogens is 220 g/mol. The van der Waals surface area contributed by atoms with E-state index in [1.807, 2.05) is 14.1 Å². The Kier molecular flexibility index (Phi) is 5.42. The molecule has 1 heterocycles. The number of nitrogens with zero attached hydrogens (tertiary/aromatic N) is 2. The topological polar surface area (TPSA) is 51.7 Å². The number of rotatable bonds is 6. The van der Waals surface area contributed by atoms with E-state index in [0.29, 0.717) is 12.4 Å². The van der Waals surface area contributed by atoms with E-state index in [4.69, 9.17) is 4.74 Å². The lowest BCUT2D eigenvalue weighted by Gasteiger charge is -2.10. The van der Waals surface area contributed by atoms with Crippen LogP contribution in [0.2, 0.25) is 0 Å². The first-order valence-electron chi connectivity index (χ1n) is 5.45. The highest BCUT2D eigenvalue weighted by Crippen LogP contribution is 2.09.